The number of carboxylic acids is 1. The van der Waals surface area contributed by atoms with E-state index in [-0.39, 0.29) is 0 Å². The van der Waals surface area contributed by atoms with Crippen LogP contribution in [0.4, 0.5) is 0 Å². The fraction of sp³-hybridized carbons (Fsp3) is 0.333. The average Bonchev–Trinajstić information content (AvgIpc) is 2.75. The fourth-order valence-corrected chi connectivity index (χ4v) is 2.28. The first-order chi connectivity index (χ1) is 7.69. The lowest BCUT2D eigenvalue weighted by atomic mass is 9.79. The molecule has 4 heteroatoms. The molecule has 1 aliphatic carbocycles. The van der Waals surface area contributed by atoms with Gasteiger partial charge in [0.05, 0.1) is 11.1 Å². The number of rotatable bonds is 2. The number of nitrogens with zero attached hydrogens (tertiary/aromatic N) is 1. The van der Waals surface area contributed by atoms with Gasteiger partial charge in [0.25, 0.3) is 0 Å². The van der Waals surface area contributed by atoms with Crippen LogP contribution >= 0.6 is 0 Å². The first kappa shape index (κ1) is 10.7. The van der Waals surface area contributed by atoms with Gasteiger partial charge in [0.2, 0.25) is 0 Å². The molecule has 1 aromatic rings. The van der Waals surface area contributed by atoms with Crippen LogP contribution in [0.5, 0.6) is 0 Å². The van der Waals surface area contributed by atoms with E-state index in [2.05, 4.69) is 5.16 Å². The Morgan fingerprint density at radius 2 is 2.00 bits per heavy atom. The van der Waals surface area contributed by atoms with Crippen molar-refractivity contribution in [3.63, 3.8) is 0 Å². The second-order valence-electron chi connectivity index (χ2n) is 4.10. The van der Waals surface area contributed by atoms with Gasteiger partial charge in [-0.1, -0.05) is 35.5 Å². The summed E-state index contributed by atoms with van der Waals surface area (Å²) in [4.78, 5) is 11.4. The van der Waals surface area contributed by atoms with E-state index in [1.165, 1.54) is 0 Å². The summed E-state index contributed by atoms with van der Waals surface area (Å²) in [5.74, 6) is -0.850. The molecule has 0 bridgehead atoms. The summed E-state index contributed by atoms with van der Waals surface area (Å²) in [5.41, 5.74) is 0.426. The van der Waals surface area contributed by atoms with Crippen LogP contribution in [0.1, 0.15) is 24.8 Å². The van der Waals surface area contributed by atoms with Crippen molar-refractivity contribution in [3.8, 4) is 0 Å². The number of carbonyl (C=O) groups is 1. The van der Waals surface area contributed by atoms with Gasteiger partial charge in [-0.05, 0) is 18.4 Å². The van der Waals surface area contributed by atoms with Crippen LogP contribution in [0.2, 0.25) is 0 Å². The SMILES string of the molecule is O=C(O)[C@@]1(c2ccccc2)CC/C(=N/O)C1. The molecule has 2 N–H and O–H groups in total. The van der Waals surface area contributed by atoms with E-state index in [0.717, 1.165) is 5.56 Å². The van der Waals surface area contributed by atoms with Crippen molar-refractivity contribution in [2.24, 2.45) is 5.16 Å². The summed E-state index contributed by atoms with van der Waals surface area (Å²) in [6.07, 6.45) is 1.33. The molecule has 4 nitrogen and oxygen atoms in total. The quantitative estimate of drug-likeness (QED) is 0.590. The molecule has 1 atom stereocenters. The maximum atomic E-state index is 11.4. The van der Waals surface area contributed by atoms with E-state index >= 15 is 0 Å². The van der Waals surface area contributed by atoms with E-state index in [0.29, 0.717) is 25.0 Å². The van der Waals surface area contributed by atoms with E-state index in [1.807, 2.05) is 30.3 Å². The molecule has 1 saturated carbocycles. The molecule has 84 valence electrons. The molecule has 0 amide bonds. The number of carboxylic acid groups (broad SMARTS) is 1. The average molecular weight is 219 g/mol. The minimum absolute atomic E-state index is 0.294. The largest absolute Gasteiger partial charge is 0.481 e. The Balaban J connectivity index is 2.43. The topological polar surface area (TPSA) is 69.9 Å². The second-order valence-corrected chi connectivity index (χ2v) is 4.10. The van der Waals surface area contributed by atoms with Crippen LogP contribution in [-0.2, 0) is 10.2 Å². The highest BCUT2D eigenvalue weighted by atomic mass is 16.4. The van der Waals surface area contributed by atoms with Crippen LogP contribution in [0.3, 0.4) is 0 Å². The molecular formula is C12H13NO3. The Morgan fingerprint density at radius 1 is 1.31 bits per heavy atom. The summed E-state index contributed by atoms with van der Waals surface area (Å²) in [7, 11) is 0. The van der Waals surface area contributed by atoms with Gasteiger partial charge < -0.3 is 10.3 Å². The van der Waals surface area contributed by atoms with Crippen molar-refractivity contribution >= 4 is 11.7 Å². The van der Waals surface area contributed by atoms with Gasteiger partial charge in [0, 0.05) is 6.42 Å². The van der Waals surface area contributed by atoms with Crippen LogP contribution < -0.4 is 0 Å². The Bertz CT molecular complexity index is 427. The van der Waals surface area contributed by atoms with Crippen molar-refractivity contribution in [1.29, 1.82) is 0 Å². The van der Waals surface area contributed by atoms with Crippen molar-refractivity contribution in [2.75, 3.05) is 0 Å². The van der Waals surface area contributed by atoms with Gasteiger partial charge in [-0.25, -0.2) is 0 Å². The van der Waals surface area contributed by atoms with Gasteiger partial charge in [-0.2, -0.15) is 0 Å². The number of aliphatic carboxylic acids is 1. The molecule has 1 fully saturated rings. The van der Waals surface area contributed by atoms with Gasteiger partial charge in [-0.3, -0.25) is 4.79 Å². The van der Waals surface area contributed by atoms with Gasteiger partial charge in [0.1, 0.15) is 0 Å². The molecule has 0 unspecified atom stereocenters. The van der Waals surface area contributed by atoms with Crippen LogP contribution in [0, 0.1) is 0 Å². The summed E-state index contributed by atoms with van der Waals surface area (Å²) >= 11 is 0. The Labute approximate surface area is 93.2 Å². The lowest BCUT2D eigenvalue weighted by molar-refractivity contribution is -0.143. The third-order valence-electron chi connectivity index (χ3n) is 3.22. The molecule has 0 aliphatic heterocycles. The number of hydrogen-bond donors (Lipinski definition) is 2. The highest BCUT2D eigenvalue weighted by molar-refractivity contribution is 5.96. The zero-order chi connectivity index (χ0) is 11.6. The summed E-state index contributed by atoms with van der Waals surface area (Å²) in [5, 5.41) is 21.3. The molecule has 0 spiro atoms. The van der Waals surface area contributed by atoms with Crippen molar-refractivity contribution in [1.82, 2.24) is 0 Å². The molecule has 1 aliphatic rings. The highest BCUT2D eigenvalue weighted by Gasteiger charge is 2.45. The smallest absolute Gasteiger partial charge is 0.314 e. The van der Waals surface area contributed by atoms with E-state index in [1.54, 1.807) is 0 Å². The number of benzene rings is 1. The van der Waals surface area contributed by atoms with E-state index < -0.39 is 11.4 Å². The molecule has 2 rings (SSSR count). The monoisotopic (exact) mass is 219 g/mol. The standard InChI is InChI=1S/C12H13NO3/c14-11(15)12(7-6-10(8-12)13-16)9-4-2-1-3-5-9/h1-5,16H,6-8H2,(H,14,15)/b13-10-/t12-/m0/s1. The fourth-order valence-electron chi connectivity index (χ4n) is 2.28. The van der Waals surface area contributed by atoms with E-state index in [9.17, 15) is 9.90 Å². The molecule has 0 aromatic heterocycles. The lowest BCUT2D eigenvalue weighted by Gasteiger charge is -2.23. The predicted molar refractivity (Wildman–Crippen MR) is 58.8 cm³/mol. The van der Waals surface area contributed by atoms with Gasteiger partial charge in [0.15, 0.2) is 0 Å². The third-order valence-corrected chi connectivity index (χ3v) is 3.22. The van der Waals surface area contributed by atoms with E-state index in [4.69, 9.17) is 5.21 Å². The maximum Gasteiger partial charge on any atom is 0.314 e. The number of oxime groups is 1. The minimum Gasteiger partial charge on any atom is -0.481 e. The minimum atomic E-state index is -0.914. The Hall–Kier alpha value is -1.84. The Kier molecular flexibility index (Phi) is 2.64. The van der Waals surface area contributed by atoms with Gasteiger partial charge in [-0.15, -0.1) is 0 Å². The molecule has 0 saturated heterocycles. The first-order valence-electron chi connectivity index (χ1n) is 5.18. The van der Waals surface area contributed by atoms with Crippen LogP contribution in [0.25, 0.3) is 0 Å². The molecular weight excluding hydrogens is 206 g/mol. The maximum absolute atomic E-state index is 11.4. The highest BCUT2D eigenvalue weighted by Crippen LogP contribution is 2.39. The first-order valence-corrected chi connectivity index (χ1v) is 5.18. The molecule has 0 heterocycles. The summed E-state index contributed by atoms with van der Waals surface area (Å²) in [6.45, 7) is 0. The summed E-state index contributed by atoms with van der Waals surface area (Å²) in [6, 6.07) is 9.14. The number of hydrogen-bond acceptors (Lipinski definition) is 3. The van der Waals surface area contributed by atoms with Crippen molar-refractivity contribution in [2.45, 2.75) is 24.7 Å². The molecule has 0 radical (unpaired) electrons. The van der Waals surface area contributed by atoms with Crippen LogP contribution in [0.15, 0.2) is 35.5 Å². The normalized spacial score (nSPS) is 27.1. The Morgan fingerprint density at radius 3 is 2.50 bits per heavy atom. The molecule has 1 aromatic carbocycles. The van der Waals surface area contributed by atoms with Crippen molar-refractivity contribution in [3.05, 3.63) is 35.9 Å². The van der Waals surface area contributed by atoms with Gasteiger partial charge >= 0.3 is 5.97 Å². The zero-order valence-electron chi connectivity index (χ0n) is 8.76. The summed E-state index contributed by atoms with van der Waals surface area (Å²) < 4.78 is 0. The third kappa shape index (κ3) is 1.56. The van der Waals surface area contributed by atoms with Crippen LogP contribution in [-0.4, -0.2) is 22.0 Å². The lowest BCUT2D eigenvalue weighted by Crippen LogP contribution is -2.33. The molecule has 16 heavy (non-hydrogen) atoms. The predicted octanol–water partition coefficient (Wildman–Crippen LogP) is 2.02. The zero-order valence-corrected chi connectivity index (χ0v) is 8.76. The second kappa shape index (κ2) is 3.96. The van der Waals surface area contributed by atoms with Crippen molar-refractivity contribution < 1.29 is 15.1 Å².